The van der Waals surface area contributed by atoms with Crippen LogP contribution in [0.1, 0.15) is 31.7 Å². The number of carboxylic acid groups (broad SMARTS) is 1. The van der Waals surface area contributed by atoms with Gasteiger partial charge in [0, 0.05) is 19.4 Å². The number of carbonyl (C=O) groups excluding carboxylic acids is 2. The van der Waals surface area contributed by atoms with Gasteiger partial charge >= 0.3 is 5.97 Å². The number of hydrogen-bond donors (Lipinski definition) is 3. The summed E-state index contributed by atoms with van der Waals surface area (Å²) >= 11 is 0. The third kappa shape index (κ3) is 9.56. The number of carboxylic acids is 1. The van der Waals surface area contributed by atoms with Gasteiger partial charge in [-0.3, -0.25) is 14.4 Å². The predicted octanol–water partition coefficient (Wildman–Crippen LogP) is 2.82. The zero-order chi connectivity index (χ0) is 25.6. The zero-order valence-electron chi connectivity index (χ0n) is 20.4. The minimum absolute atomic E-state index is 0.262. The number of amides is 2. The largest absolute Gasteiger partial charge is 0.497 e. The molecule has 0 radical (unpaired) electrons. The Morgan fingerprint density at radius 3 is 2.09 bits per heavy atom. The highest BCUT2D eigenvalue weighted by molar-refractivity contribution is 5.89. The molecule has 2 aromatic rings. The van der Waals surface area contributed by atoms with Gasteiger partial charge in [0.25, 0.3) is 0 Å². The summed E-state index contributed by atoms with van der Waals surface area (Å²) in [6.07, 6.45) is 0.703. The van der Waals surface area contributed by atoms with E-state index in [1.54, 1.807) is 43.5 Å². The Hall–Kier alpha value is -3.75. The molecule has 0 aromatic heterocycles. The Morgan fingerprint density at radius 1 is 0.914 bits per heavy atom. The number of carbonyl (C=O) groups is 3. The second-order valence-electron chi connectivity index (χ2n) is 7.92. The van der Waals surface area contributed by atoms with Crippen molar-refractivity contribution in [3.63, 3.8) is 0 Å². The van der Waals surface area contributed by atoms with Crippen LogP contribution in [0.15, 0.2) is 48.5 Å². The van der Waals surface area contributed by atoms with Crippen LogP contribution in [0.4, 0.5) is 0 Å². The van der Waals surface area contributed by atoms with Crippen molar-refractivity contribution in [1.29, 1.82) is 0 Å². The van der Waals surface area contributed by atoms with Gasteiger partial charge in [-0.1, -0.05) is 12.1 Å². The van der Waals surface area contributed by atoms with Crippen LogP contribution in [0, 0.1) is 5.92 Å². The van der Waals surface area contributed by atoms with Gasteiger partial charge in [-0.15, -0.1) is 0 Å². The summed E-state index contributed by atoms with van der Waals surface area (Å²) < 4.78 is 16.2. The summed E-state index contributed by atoms with van der Waals surface area (Å²) in [5.41, 5.74) is 0.838. The number of benzene rings is 2. The summed E-state index contributed by atoms with van der Waals surface area (Å²) in [7, 11) is 3.07. The number of nitrogens with one attached hydrogen (secondary N) is 2. The van der Waals surface area contributed by atoms with Crippen LogP contribution in [-0.4, -0.2) is 56.3 Å². The zero-order valence-corrected chi connectivity index (χ0v) is 20.4. The lowest BCUT2D eigenvalue weighted by Gasteiger charge is -2.21. The summed E-state index contributed by atoms with van der Waals surface area (Å²) in [5, 5.41) is 14.6. The minimum atomic E-state index is -1.08. The van der Waals surface area contributed by atoms with E-state index >= 15 is 0 Å². The van der Waals surface area contributed by atoms with Gasteiger partial charge in [0.15, 0.2) is 0 Å². The van der Waals surface area contributed by atoms with E-state index in [2.05, 4.69) is 10.6 Å². The molecule has 190 valence electrons. The maximum Gasteiger partial charge on any atom is 0.304 e. The van der Waals surface area contributed by atoms with Crippen molar-refractivity contribution in [2.24, 2.45) is 5.92 Å². The number of hydrogen-bond acceptors (Lipinski definition) is 6. The molecule has 2 amide bonds. The lowest BCUT2D eigenvalue weighted by Crippen LogP contribution is -2.49. The van der Waals surface area contributed by atoms with Gasteiger partial charge in [0.2, 0.25) is 11.8 Å². The number of aliphatic carboxylic acids is 1. The molecular weight excluding hydrogens is 452 g/mol. The maximum atomic E-state index is 12.9. The average molecular weight is 487 g/mol. The second-order valence-corrected chi connectivity index (χ2v) is 7.92. The van der Waals surface area contributed by atoms with Crippen LogP contribution in [0.3, 0.4) is 0 Å². The third-order valence-electron chi connectivity index (χ3n) is 5.37. The maximum absolute atomic E-state index is 12.9. The molecule has 3 N–H and O–H groups in total. The van der Waals surface area contributed by atoms with E-state index in [-0.39, 0.29) is 18.7 Å². The van der Waals surface area contributed by atoms with Crippen LogP contribution in [0.2, 0.25) is 0 Å². The van der Waals surface area contributed by atoms with Crippen LogP contribution in [-0.2, 0) is 20.8 Å². The van der Waals surface area contributed by atoms with Crippen LogP contribution in [0.25, 0.3) is 0 Å². The first kappa shape index (κ1) is 27.5. The monoisotopic (exact) mass is 486 g/mol. The van der Waals surface area contributed by atoms with E-state index in [4.69, 9.17) is 14.2 Å². The van der Waals surface area contributed by atoms with Crippen molar-refractivity contribution >= 4 is 17.8 Å². The van der Waals surface area contributed by atoms with Crippen LogP contribution in [0.5, 0.6) is 17.2 Å². The highest BCUT2D eigenvalue weighted by Crippen LogP contribution is 2.19. The van der Waals surface area contributed by atoms with Crippen molar-refractivity contribution in [2.45, 2.75) is 38.6 Å². The van der Waals surface area contributed by atoms with E-state index in [0.29, 0.717) is 37.6 Å². The Bertz CT molecular complexity index is 945. The van der Waals surface area contributed by atoms with Gasteiger partial charge < -0.3 is 30.0 Å². The molecule has 9 heteroatoms. The van der Waals surface area contributed by atoms with Crippen molar-refractivity contribution in [2.75, 3.05) is 27.4 Å². The van der Waals surface area contributed by atoms with Gasteiger partial charge in [0.1, 0.15) is 23.3 Å². The molecule has 9 nitrogen and oxygen atoms in total. The van der Waals surface area contributed by atoms with Crippen LogP contribution < -0.4 is 24.8 Å². The molecule has 2 aromatic carbocycles. The average Bonchev–Trinajstić information content (AvgIpc) is 2.86. The summed E-state index contributed by atoms with van der Waals surface area (Å²) in [4.78, 5) is 36.7. The molecule has 0 saturated carbocycles. The Kier molecular flexibility index (Phi) is 11.4. The molecule has 0 aliphatic rings. The molecule has 2 atom stereocenters. The van der Waals surface area contributed by atoms with E-state index in [1.165, 1.54) is 7.05 Å². The lowest BCUT2D eigenvalue weighted by atomic mass is 9.97. The first-order valence-corrected chi connectivity index (χ1v) is 11.6. The molecule has 0 fully saturated rings. The topological polar surface area (TPSA) is 123 Å². The van der Waals surface area contributed by atoms with Crippen LogP contribution >= 0.6 is 0 Å². The molecule has 0 spiro atoms. The molecule has 0 saturated heterocycles. The number of rotatable bonds is 15. The molecule has 0 aliphatic heterocycles. The van der Waals surface area contributed by atoms with Gasteiger partial charge in [-0.25, -0.2) is 0 Å². The third-order valence-corrected chi connectivity index (χ3v) is 5.37. The number of ether oxygens (including phenoxy) is 3. The van der Waals surface area contributed by atoms with Gasteiger partial charge in [-0.2, -0.15) is 0 Å². The van der Waals surface area contributed by atoms with Gasteiger partial charge in [0.05, 0.1) is 26.7 Å². The molecule has 0 heterocycles. The quantitative estimate of drug-likeness (QED) is 0.331. The van der Waals surface area contributed by atoms with E-state index in [1.807, 2.05) is 19.1 Å². The summed E-state index contributed by atoms with van der Waals surface area (Å²) in [5.74, 6) is -0.620. The molecule has 0 unspecified atom stereocenters. The smallest absolute Gasteiger partial charge is 0.304 e. The highest BCUT2D eigenvalue weighted by Gasteiger charge is 2.27. The Morgan fingerprint density at radius 2 is 1.51 bits per heavy atom. The second kappa shape index (κ2) is 14.5. The predicted molar refractivity (Wildman–Crippen MR) is 131 cm³/mol. The molecule has 2 rings (SSSR count). The SMILES string of the molecule is CCOc1ccc(C[C@H](NC(=O)[C@H](CCCOc2ccc(OC)cc2)CC(=O)O)C(=O)NC)cc1. The van der Waals surface area contributed by atoms with E-state index in [9.17, 15) is 19.5 Å². The first-order valence-electron chi connectivity index (χ1n) is 11.6. The Balaban J connectivity index is 1.96. The standard InChI is InChI=1S/C26H34N2O7/c1-4-34-21-9-7-18(8-10-21)16-23(26(32)27-2)28-25(31)19(17-24(29)30)6-5-15-35-22-13-11-20(33-3)12-14-22/h7-14,19,23H,4-6,15-17H2,1-3H3,(H,27,32)(H,28,31)(H,29,30)/t19-,23+/m1/s1. The van der Waals surface area contributed by atoms with Crippen molar-refractivity contribution in [1.82, 2.24) is 10.6 Å². The molecule has 0 aliphatic carbocycles. The van der Waals surface area contributed by atoms with E-state index in [0.717, 1.165) is 11.3 Å². The summed E-state index contributed by atoms with van der Waals surface area (Å²) in [6, 6.07) is 13.5. The van der Waals surface area contributed by atoms with E-state index < -0.39 is 23.8 Å². The van der Waals surface area contributed by atoms with Crippen molar-refractivity contribution < 1.29 is 33.7 Å². The fourth-order valence-corrected chi connectivity index (χ4v) is 3.53. The van der Waals surface area contributed by atoms with Crippen molar-refractivity contribution in [3.8, 4) is 17.2 Å². The lowest BCUT2D eigenvalue weighted by molar-refractivity contribution is -0.141. The molecular formula is C26H34N2O7. The number of likely N-dealkylation sites (N-methyl/N-ethyl adjacent to an activating group) is 1. The molecule has 0 bridgehead atoms. The Labute approximate surface area is 205 Å². The molecule has 35 heavy (non-hydrogen) atoms. The minimum Gasteiger partial charge on any atom is -0.497 e. The van der Waals surface area contributed by atoms with Crippen molar-refractivity contribution in [3.05, 3.63) is 54.1 Å². The highest BCUT2D eigenvalue weighted by atomic mass is 16.5. The fraction of sp³-hybridized carbons (Fsp3) is 0.423. The van der Waals surface area contributed by atoms with Gasteiger partial charge in [-0.05, 0) is 61.7 Å². The number of methoxy groups -OCH3 is 1. The first-order chi connectivity index (χ1) is 16.9. The normalized spacial score (nSPS) is 12.2. The fourth-order valence-electron chi connectivity index (χ4n) is 3.53. The summed E-state index contributed by atoms with van der Waals surface area (Å²) in [6.45, 7) is 2.76.